The first-order valence-corrected chi connectivity index (χ1v) is 11.0. The van der Waals surface area contributed by atoms with E-state index in [9.17, 15) is 18.0 Å². The van der Waals surface area contributed by atoms with Gasteiger partial charge in [-0.05, 0) is 68.3 Å². The van der Waals surface area contributed by atoms with Crippen molar-refractivity contribution in [3.63, 3.8) is 0 Å². The molecule has 0 radical (unpaired) electrons. The zero-order valence-electron chi connectivity index (χ0n) is 18.8. The fraction of sp³-hybridized carbons (Fsp3) is 0.458. The van der Waals surface area contributed by atoms with E-state index in [1.165, 1.54) is 0 Å². The molecule has 1 aromatic carbocycles. The Balaban J connectivity index is 1.42. The molecule has 1 aromatic heterocycles. The third kappa shape index (κ3) is 5.03. The number of carbonyl (C=O) groups excluding carboxylic acids is 1. The number of halogens is 3. The predicted octanol–water partition coefficient (Wildman–Crippen LogP) is 4.18. The number of carbonyl (C=O) groups is 1. The zero-order valence-corrected chi connectivity index (χ0v) is 18.8. The highest BCUT2D eigenvalue weighted by Gasteiger charge is 2.63. The number of likely N-dealkylation sites (tertiary alicyclic amines) is 1. The van der Waals surface area contributed by atoms with Gasteiger partial charge < -0.3 is 10.2 Å². The van der Waals surface area contributed by atoms with E-state index in [4.69, 9.17) is 0 Å². The summed E-state index contributed by atoms with van der Waals surface area (Å²) in [6.07, 6.45) is 2.16. The van der Waals surface area contributed by atoms with E-state index in [0.717, 1.165) is 22.3 Å². The summed E-state index contributed by atoms with van der Waals surface area (Å²) in [5, 5.41) is 7.01. The third-order valence-electron chi connectivity index (χ3n) is 6.66. The van der Waals surface area contributed by atoms with Crippen molar-refractivity contribution >= 4 is 18.7 Å². The Hall–Kier alpha value is -2.94. The maximum Gasteiger partial charge on any atom is 0.395 e. The first-order chi connectivity index (χ1) is 15.6. The number of rotatable bonds is 7. The van der Waals surface area contributed by atoms with E-state index in [0.29, 0.717) is 25.3 Å². The number of hydrogen-bond donors (Lipinski definition) is 1. The Morgan fingerprint density at radius 1 is 1.36 bits per heavy atom. The number of nitrogens with zero attached hydrogens (tertiary/aromatic N) is 4. The van der Waals surface area contributed by atoms with Gasteiger partial charge in [0.1, 0.15) is 5.82 Å². The highest BCUT2D eigenvalue weighted by molar-refractivity contribution is 5.82. The van der Waals surface area contributed by atoms with Crippen LogP contribution in [0.5, 0.6) is 0 Å². The molecule has 1 unspecified atom stereocenters. The molecule has 1 saturated heterocycles. The van der Waals surface area contributed by atoms with Crippen molar-refractivity contribution in [1.82, 2.24) is 20.0 Å². The summed E-state index contributed by atoms with van der Waals surface area (Å²) < 4.78 is 41.5. The summed E-state index contributed by atoms with van der Waals surface area (Å²) in [5.41, 5.74) is 2.27. The number of alkyl halides is 3. The summed E-state index contributed by atoms with van der Waals surface area (Å²) in [5.74, 6) is -0.296. The molecule has 2 aromatic rings. The van der Waals surface area contributed by atoms with E-state index >= 15 is 0 Å². The van der Waals surface area contributed by atoms with Crippen LogP contribution in [0.3, 0.4) is 0 Å². The fourth-order valence-corrected chi connectivity index (χ4v) is 4.34. The Labute approximate surface area is 191 Å². The predicted molar refractivity (Wildman–Crippen MR) is 121 cm³/mol. The smallest absolute Gasteiger partial charge is 0.310 e. The molecule has 33 heavy (non-hydrogen) atoms. The van der Waals surface area contributed by atoms with E-state index in [2.05, 4.69) is 22.1 Å². The third-order valence-corrected chi connectivity index (χ3v) is 6.66. The topological polar surface area (TPSA) is 62.5 Å². The van der Waals surface area contributed by atoms with Gasteiger partial charge in [-0.1, -0.05) is 12.1 Å². The molecule has 2 aliphatic rings. The summed E-state index contributed by atoms with van der Waals surface area (Å²) in [7, 11) is 1.85. The van der Waals surface area contributed by atoms with Gasteiger partial charge in [-0.3, -0.25) is 9.48 Å². The summed E-state index contributed by atoms with van der Waals surface area (Å²) in [6.45, 7) is 6.32. The molecule has 0 bridgehead atoms. The Kier molecular flexibility index (Phi) is 6.18. The number of nitrogens with one attached hydrogen (secondary N) is 1. The highest BCUT2D eigenvalue weighted by atomic mass is 19.4. The molecule has 1 aliphatic heterocycles. The molecule has 0 spiro atoms. The van der Waals surface area contributed by atoms with Gasteiger partial charge in [-0.15, -0.1) is 0 Å². The van der Waals surface area contributed by atoms with Gasteiger partial charge in [0.2, 0.25) is 5.91 Å². The van der Waals surface area contributed by atoms with Crippen LogP contribution in [-0.2, 0) is 11.8 Å². The second-order valence-electron chi connectivity index (χ2n) is 9.15. The molecule has 176 valence electrons. The lowest BCUT2D eigenvalue weighted by Gasteiger charge is -2.25. The molecule has 1 atom stereocenters. The molecule has 1 amide bonds. The van der Waals surface area contributed by atoms with Crippen LogP contribution < -0.4 is 5.32 Å². The van der Waals surface area contributed by atoms with Crippen molar-refractivity contribution in [3.05, 3.63) is 47.5 Å². The molecular weight excluding hydrogens is 431 g/mol. The van der Waals surface area contributed by atoms with Crippen LogP contribution in [0.25, 0.3) is 17.2 Å². The van der Waals surface area contributed by atoms with Crippen LogP contribution in [0.1, 0.15) is 30.4 Å². The van der Waals surface area contributed by atoms with Gasteiger partial charge in [-0.2, -0.15) is 18.3 Å². The molecule has 6 nitrogen and oxygen atoms in total. The van der Waals surface area contributed by atoms with Crippen molar-refractivity contribution in [2.24, 2.45) is 23.4 Å². The maximum atomic E-state index is 13.3. The Bertz CT molecular complexity index is 1080. The molecule has 1 saturated carbocycles. The van der Waals surface area contributed by atoms with Gasteiger partial charge >= 0.3 is 6.18 Å². The van der Waals surface area contributed by atoms with Gasteiger partial charge in [0, 0.05) is 31.9 Å². The Morgan fingerprint density at radius 3 is 2.73 bits per heavy atom. The van der Waals surface area contributed by atoms with Crippen molar-refractivity contribution in [1.29, 1.82) is 0 Å². The molecule has 9 heteroatoms. The van der Waals surface area contributed by atoms with E-state index in [1.807, 2.05) is 38.4 Å². The number of aromatic nitrogens is 2. The molecule has 1 aliphatic carbocycles. The summed E-state index contributed by atoms with van der Waals surface area (Å²) >= 11 is 0. The number of aryl methyl sites for hydroxylation is 2. The second kappa shape index (κ2) is 8.78. The number of aliphatic imine (C=N–C) groups is 1. The van der Waals surface area contributed by atoms with Crippen molar-refractivity contribution in [2.45, 2.75) is 32.4 Å². The minimum Gasteiger partial charge on any atom is -0.310 e. The normalized spacial score (nSPS) is 20.6. The standard InChI is InChI=1S/C24H28F3N5O/c1-16-4-5-17(20-12-29-31(3)13-20)10-19(16)11-21(28-2)30-22(33)18-6-9-32(14-18)15-23(7-8-23)24(25,26)27/h4-5,10-13,18H,2,6-9,14-15H2,1,3H3,(H,30,33)/b21-11+. The van der Waals surface area contributed by atoms with Crippen molar-refractivity contribution in [3.8, 4) is 11.1 Å². The largest absolute Gasteiger partial charge is 0.395 e. The molecule has 2 heterocycles. The average molecular weight is 460 g/mol. The van der Waals surface area contributed by atoms with Crippen molar-refractivity contribution < 1.29 is 18.0 Å². The van der Waals surface area contributed by atoms with E-state index in [1.54, 1.807) is 21.9 Å². The SMILES string of the molecule is C=N/C(=C\c1cc(-c2cnn(C)c2)ccc1C)NC(=O)C1CCN(CC2(C(F)(F)F)CC2)C1. The average Bonchev–Trinajstić information content (AvgIpc) is 3.19. The minimum atomic E-state index is -4.18. The van der Waals surface area contributed by atoms with E-state index < -0.39 is 11.6 Å². The lowest BCUT2D eigenvalue weighted by molar-refractivity contribution is -0.191. The zero-order chi connectivity index (χ0) is 23.8. The van der Waals surface area contributed by atoms with Crippen molar-refractivity contribution in [2.75, 3.05) is 19.6 Å². The van der Waals surface area contributed by atoms with Crippen LogP contribution in [0.2, 0.25) is 0 Å². The molecule has 1 N–H and O–H groups in total. The second-order valence-corrected chi connectivity index (χ2v) is 9.15. The van der Waals surface area contributed by atoms with E-state index in [-0.39, 0.29) is 31.2 Å². The summed E-state index contributed by atoms with van der Waals surface area (Å²) in [6, 6.07) is 5.98. The van der Waals surface area contributed by atoms with Crippen LogP contribution in [0, 0.1) is 18.3 Å². The molecule has 2 fully saturated rings. The number of benzene rings is 1. The van der Waals surface area contributed by atoms with Crippen LogP contribution >= 0.6 is 0 Å². The van der Waals surface area contributed by atoms with Gasteiger partial charge in [-0.25, -0.2) is 4.99 Å². The lowest BCUT2D eigenvalue weighted by atomic mass is 10.0. The molecule has 4 rings (SSSR count). The first kappa shape index (κ1) is 23.2. The highest BCUT2D eigenvalue weighted by Crippen LogP contribution is 2.58. The minimum absolute atomic E-state index is 0.0248. The van der Waals surface area contributed by atoms with Gasteiger partial charge in [0.25, 0.3) is 0 Å². The van der Waals surface area contributed by atoms with Gasteiger partial charge in [0.05, 0.1) is 17.5 Å². The van der Waals surface area contributed by atoms with Crippen LogP contribution in [-0.4, -0.2) is 53.1 Å². The monoisotopic (exact) mass is 459 g/mol. The first-order valence-electron chi connectivity index (χ1n) is 11.0. The lowest BCUT2D eigenvalue weighted by Crippen LogP contribution is -2.38. The number of hydrogen-bond acceptors (Lipinski definition) is 4. The van der Waals surface area contributed by atoms with Gasteiger partial charge in [0.15, 0.2) is 0 Å². The number of amides is 1. The quantitative estimate of drug-likeness (QED) is 0.632. The van der Waals surface area contributed by atoms with Crippen LogP contribution in [0.4, 0.5) is 13.2 Å². The molecular formula is C24H28F3N5O. The fourth-order valence-electron chi connectivity index (χ4n) is 4.34. The van der Waals surface area contributed by atoms with Crippen LogP contribution in [0.15, 0.2) is 41.4 Å². The Morgan fingerprint density at radius 2 is 2.12 bits per heavy atom. The summed E-state index contributed by atoms with van der Waals surface area (Å²) in [4.78, 5) is 18.5. The maximum absolute atomic E-state index is 13.3.